The van der Waals surface area contributed by atoms with Crippen LogP contribution in [0.1, 0.15) is 49.8 Å². The Labute approximate surface area is 224 Å². The Kier molecular flexibility index (Phi) is 6.75. The van der Waals surface area contributed by atoms with E-state index in [1.165, 1.54) is 7.11 Å². The van der Waals surface area contributed by atoms with Crippen molar-refractivity contribution < 1.29 is 14.3 Å². The van der Waals surface area contributed by atoms with Gasteiger partial charge in [-0.05, 0) is 43.0 Å². The van der Waals surface area contributed by atoms with Crippen molar-refractivity contribution in [3.05, 3.63) is 58.2 Å². The number of methoxy groups -OCH3 is 1. The van der Waals surface area contributed by atoms with Crippen LogP contribution in [0.2, 0.25) is 5.15 Å². The Balaban J connectivity index is 1.53. The van der Waals surface area contributed by atoms with Gasteiger partial charge in [0, 0.05) is 13.0 Å². The average Bonchev–Trinajstić information content (AvgIpc) is 3.40. The minimum Gasteiger partial charge on any atom is -0.469 e. The largest absolute Gasteiger partial charge is 0.469 e. The zero-order chi connectivity index (χ0) is 27.0. The number of fused-ring (bicyclic) bond motifs is 2. The van der Waals surface area contributed by atoms with Crippen LogP contribution in [0, 0.1) is 0 Å². The molecule has 1 aliphatic heterocycles. The number of aromatic nitrogens is 5. The number of aryl methyl sites for hydroxylation is 2. The summed E-state index contributed by atoms with van der Waals surface area (Å²) in [6, 6.07) is 11.1. The van der Waals surface area contributed by atoms with Gasteiger partial charge < -0.3 is 15.8 Å². The first-order valence-corrected chi connectivity index (χ1v) is 12.8. The molecule has 0 aliphatic carbocycles. The highest BCUT2D eigenvalue weighted by Crippen LogP contribution is 2.45. The third-order valence-electron chi connectivity index (χ3n) is 7.00. The number of unbranched alkanes of at least 4 members (excludes halogenated alkanes) is 1. The van der Waals surface area contributed by atoms with Crippen LogP contribution in [0.5, 0.6) is 0 Å². The van der Waals surface area contributed by atoms with Crippen molar-refractivity contribution in [2.75, 3.05) is 18.2 Å². The number of pyridine rings is 1. The van der Waals surface area contributed by atoms with Gasteiger partial charge in [-0.2, -0.15) is 5.10 Å². The van der Waals surface area contributed by atoms with Crippen molar-refractivity contribution in [2.24, 2.45) is 0 Å². The van der Waals surface area contributed by atoms with Gasteiger partial charge >= 0.3 is 5.97 Å². The molecule has 38 heavy (non-hydrogen) atoms. The number of nitrogens with zero attached hydrogens (tertiary/aromatic N) is 5. The van der Waals surface area contributed by atoms with Crippen LogP contribution < -0.4 is 11.1 Å². The van der Waals surface area contributed by atoms with Crippen LogP contribution in [0.25, 0.3) is 22.6 Å². The molecule has 0 spiro atoms. The number of nitrogens with one attached hydrogen (secondary N) is 1. The Morgan fingerprint density at radius 2 is 1.92 bits per heavy atom. The molecular formula is C27H28ClN7O3. The molecule has 10 nitrogen and oxygen atoms in total. The number of hydrogen-bond donors (Lipinski definition) is 2. The fraction of sp³-hybridized carbons (Fsp3) is 0.333. The van der Waals surface area contributed by atoms with Crippen LogP contribution in [0.4, 0.5) is 11.6 Å². The summed E-state index contributed by atoms with van der Waals surface area (Å²) in [5, 5.41) is 8.75. The quantitative estimate of drug-likeness (QED) is 0.253. The molecule has 0 unspecified atom stereocenters. The fourth-order valence-electron chi connectivity index (χ4n) is 4.80. The number of anilines is 2. The molecular weight excluding hydrogens is 506 g/mol. The molecule has 1 aliphatic rings. The lowest BCUT2D eigenvalue weighted by Crippen LogP contribution is -2.33. The first-order valence-electron chi connectivity index (χ1n) is 12.4. The predicted octanol–water partition coefficient (Wildman–Crippen LogP) is 4.29. The first-order chi connectivity index (χ1) is 18.3. The highest BCUT2D eigenvalue weighted by atomic mass is 35.5. The summed E-state index contributed by atoms with van der Waals surface area (Å²) in [5.74, 6) is 0.326. The van der Waals surface area contributed by atoms with Crippen molar-refractivity contribution in [1.82, 2.24) is 24.7 Å². The number of benzene rings is 1. The Morgan fingerprint density at radius 3 is 2.63 bits per heavy atom. The molecule has 5 rings (SSSR count). The SMILES string of the molecule is CCCCn1nc(-c2nc(N)c3c(n2)NC(=O)[C@@]3(C)c2ccc(CCC(=O)OC)cc2)c2ccc(Cl)nc21. The third-order valence-corrected chi connectivity index (χ3v) is 7.21. The van der Waals surface area contributed by atoms with E-state index in [9.17, 15) is 9.59 Å². The normalized spacial score (nSPS) is 16.5. The lowest BCUT2D eigenvalue weighted by Gasteiger charge is -2.23. The first kappa shape index (κ1) is 25.6. The molecule has 11 heteroatoms. The van der Waals surface area contributed by atoms with E-state index in [4.69, 9.17) is 27.2 Å². The van der Waals surface area contributed by atoms with Crippen LogP contribution in [-0.4, -0.2) is 43.7 Å². The number of hydrogen-bond acceptors (Lipinski definition) is 8. The van der Waals surface area contributed by atoms with Gasteiger partial charge in [0.2, 0.25) is 5.91 Å². The summed E-state index contributed by atoms with van der Waals surface area (Å²) in [4.78, 5) is 38.5. The number of carbonyl (C=O) groups is 2. The number of rotatable bonds is 8. The highest BCUT2D eigenvalue weighted by molar-refractivity contribution is 6.29. The average molecular weight is 534 g/mol. The summed E-state index contributed by atoms with van der Waals surface area (Å²) in [7, 11) is 1.37. The fourth-order valence-corrected chi connectivity index (χ4v) is 4.94. The van der Waals surface area contributed by atoms with Crippen molar-refractivity contribution in [3.8, 4) is 11.5 Å². The number of carbonyl (C=O) groups excluding carboxylic acids is 2. The van der Waals surface area contributed by atoms with Crippen molar-refractivity contribution in [2.45, 2.75) is 51.5 Å². The summed E-state index contributed by atoms with van der Waals surface area (Å²) in [5.41, 5.74) is 8.80. The van der Waals surface area contributed by atoms with Gasteiger partial charge in [-0.3, -0.25) is 9.59 Å². The van der Waals surface area contributed by atoms with E-state index < -0.39 is 5.41 Å². The molecule has 1 aromatic carbocycles. The van der Waals surface area contributed by atoms with E-state index in [2.05, 4.69) is 27.2 Å². The number of ether oxygens (including phenoxy) is 1. The molecule has 4 heterocycles. The van der Waals surface area contributed by atoms with Crippen molar-refractivity contribution in [3.63, 3.8) is 0 Å². The minimum atomic E-state index is -1.09. The highest BCUT2D eigenvalue weighted by Gasteiger charge is 2.47. The summed E-state index contributed by atoms with van der Waals surface area (Å²) >= 11 is 6.16. The van der Waals surface area contributed by atoms with E-state index in [-0.39, 0.29) is 24.1 Å². The van der Waals surface area contributed by atoms with Crippen molar-refractivity contribution in [1.29, 1.82) is 0 Å². The van der Waals surface area contributed by atoms with Gasteiger partial charge in [0.25, 0.3) is 0 Å². The second-order valence-electron chi connectivity index (χ2n) is 9.44. The van der Waals surface area contributed by atoms with Crippen LogP contribution >= 0.6 is 11.6 Å². The van der Waals surface area contributed by atoms with Crippen LogP contribution in [0.3, 0.4) is 0 Å². The number of amides is 1. The Bertz CT molecular complexity index is 1550. The Morgan fingerprint density at radius 1 is 1.16 bits per heavy atom. The van der Waals surface area contributed by atoms with Gasteiger partial charge in [-0.25, -0.2) is 19.6 Å². The van der Waals surface area contributed by atoms with Gasteiger partial charge in [-0.1, -0.05) is 49.2 Å². The van der Waals surface area contributed by atoms with E-state index >= 15 is 0 Å². The zero-order valence-corrected chi connectivity index (χ0v) is 22.2. The van der Waals surface area contributed by atoms with E-state index in [1.807, 2.05) is 30.3 Å². The molecule has 196 valence electrons. The molecule has 0 bridgehead atoms. The standard InChI is InChI=1S/C27H28ClN7O3/c1-4-5-14-35-25-17(11-12-18(28)30-25)21(34-35)24-31-22(29)20-23(32-24)33-26(37)27(20,2)16-9-6-15(7-10-16)8-13-19(36)38-3/h6-7,9-12H,4-5,8,13-14H2,1-3H3,(H3,29,31,32,33,37)/t27-/m0/s1. The molecule has 0 saturated heterocycles. The molecule has 1 amide bonds. The van der Waals surface area contributed by atoms with Gasteiger partial charge in [0.15, 0.2) is 11.5 Å². The molecule has 1 atom stereocenters. The molecule has 3 N–H and O–H groups in total. The third kappa shape index (κ3) is 4.34. The molecule has 0 radical (unpaired) electrons. The topological polar surface area (TPSA) is 138 Å². The maximum Gasteiger partial charge on any atom is 0.305 e. The molecule has 0 saturated carbocycles. The second kappa shape index (κ2) is 10.0. The summed E-state index contributed by atoms with van der Waals surface area (Å²) < 4.78 is 6.52. The zero-order valence-electron chi connectivity index (χ0n) is 21.4. The molecule has 4 aromatic rings. The predicted molar refractivity (Wildman–Crippen MR) is 145 cm³/mol. The Hall–Kier alpha value is -4.05. The van der Waals surface area contributed by atoms with E-state index in [0.29, 0.717) is 46.7 Å². The van der Waals surface area contributed by atoms with E-state index in [0.717, 1.165) is 29.4 Å². The van der Waals surface area contributed by atoms with Crippen LogP contribution in [-0.2, 0) is 32.7 Å². The van der Waals surface area contributed by atoms with Gasteiger partial charge in [-0.15, -0.1) is 0 Å². The monoisotopic (exact) mass is 533 g/mol. The number of nitrogen functional groups attached to an aromatic ring is 1. The summed E-state index contributed by atoms with van der Waals surface area (Å²) in [6.45, 7) is 4.58. The second-order valence-corrected chi connectivity index (χ2v) is 9.83. The smallest absolute Gasteiger partial charge is 0.305 e. The van der Waals surface area contributed by atoms with Gasteiger partial charge in [0.1, 0.15) is 27.9 Å². The van der Waals surface area contributed by atoms with Gasteiger partial charge in [0.05, 0.1) is 18.1 Å². The molecule has 0 fully saturated rings. The molecule has 3 aromatic heterocycles. The lowest BCUT2D eigenvalue weighted by atomic mass is 9.77. The lowest BCUT2D eigenvalue weighted by molar-refractivity contribution is -0.140. The number of halogens is 1. The van der Waals surface area contributed by atoms with E-state index in [1.54, 1.807) is 17.7 Å². The van der Waals surface area contributed by atoms with Crippen molar-refractivity contribution >= 4 is 46.1 Å². The maximum atomic E-state index is 13.3. The van der Waals surface area contributed by atoms with Crippen LogP contribution in [0.15, 0.2) is 36.4 Å². The number of nitrogens with two attached hydrogens (primary N) is 1. The minimum absolute atomic E-state index is 0.193. The summed E-state index contributed by atoms with van der Waals surface area (Å²) in [6.07, 6.45) is 2.74. The maximum absolute atomic E-state index is 13.3. The number of esters is 1.